The van der Waals surface area contributed by atoms with E-state index in [1.54, 1.807) is 9.80 Å². The third-order valence-corrected chi connectivity index (χ3v) is 3.67. The van der Waals surface area contributed by atoms with Crippen LogP contribution >= 0.6 is 0 Å². The van der Waals surface area contributed by atoms with Crippen molar-refractivity contribution in [3.63, 3.8) is 0 Å². The van der Waals surface area contributed by atoms with Gasteiger partial charge in [0.25, 0.3) is 0 Å². The molecule has 1 aliphatic rings. The number of benzene rings is 1. The lowest BCUT2D eigenvalue weighted by Gasteiger charge is -2.42. The number of ether oxygens (including phenoxy) is 2. The number of aliphatic hydroxyl groups excluding tert-OH is 1. The summed E-state index contributed by atoms with van der Waals surface area (Å²) in [6.45, 7) is 6.92. The van der Waals surface area contributed by atoms with Crippen LogP contribution in [0.4, 0.5) is 4.79 Å². The predicted octanol–water partition coefficient (Wildman–Crippen LogP) is 1.32. The molecule has 1 amide bonds. The molecule has 3 N–H and O–H groups in total. The van der Waals surface area contributed by atoms with Crippen molar-refractivity contribution in [1.29, 1.82) is 0 Å². The Morgan fingerprint density at radius 1 is 1.33 bits per heavy atom. The molecule has 2 atom stereocenters. The number of rotatable bonds is 4. The molecule has 2 unspecified atom stereocenters. The third kappa shape index (κ3) is 5.45. The minimum atomic E-state index is -1.09. The van der Waals surface area contributed by atoms with Gasteiger partial charge in [0.05, 0.1) is 18.3 Å². The number of nitrogens with zero attached hydrogens (tertiary/aromatic N) is 2. The Hall–Kier alpha value is -1.67. The standard InChI is InChI=1S/C17H27N3O4/c1-17(2,3)24-16(22)20-10-9-19(11-14(20)18)15(21)23-12-13-7-5-4-6-8-13/h4-8,14,16,22H,9-12,18H2,1-3H3. The van der Waals surface area contributed by atoms with E-state index in [1.165, 1.54) is 0 Å². The maximum atomic E-state index is 12.2. The van der Waals surface area contributed by atoms with E-state index >= 15 is 0 Å². The van der Waals surface area contributed by atoms with Gasteiger partial charge in [0.1, 0.15) is 6.61 Å². The molecule has 2 rings (SSSR count). The van der Waals surface area contributed by atoms with Crippen LogP contribution in [0.2, 0.25) is 0 Å². The van der Waals surface area contributed by atoms with Gasteiger partial charge in [0, 0.05) is 13.1 Å². The summed E-state index contributed by atoms with van der Waals surface area (Å²) in [5, 5.41) is 10.1. The second kappa shape index (κ2) is 7.94. The lowest BCUT2D eigenvalue weighted by Crippen LogP contribution is -2.62. The summed E-state index contributed by atoms with van der Waals surface area (Å²) < 4.78 is 10.8. The van der Waals surface area contributed by atoms with Crippen LogP contribution < -0.4 is 5.73 Å². The molecule has 1 aliphatic heterocycles. The van der Waals surface area contributed by atoms with E-state index in [4.69, 9.17) is 15.2 Å². The van der Waals surface area contributed by atoms with E-state index in [0.29, 0.717) is 13.1 Å². The number of carbonyl (C=O) groups is 1. The Morgan fingerprint density at radius 3 is 2.58 bits per heavy atom. The van der Waals surface area contributed by atoms with Crippen LogP contribution in [-0.2, 0) is 16.1 Å². The molecular formula is C17H27N3O4. The third-order valence-electron chi connectivity index (χ3n) is 3.67. The van der Waals surface area contributed by atoms with E-state index < -0.39 is 24.3 Å². The minimum Gasteiger partial charge on any atom is -0.445 e. The van der Waals surface area contributed by atoms with E-state index in [2.05, 4.69) is 0 Å². The molecular weight excluding hydrogens is 310 g/mol. The number of hydrogen-bond acceptors (Lipinski definition) is 6. The zero-order chi connectivity index (χ0) is 17.7. The Balaban J connectivity index is 1.82. The summed E-state index contributed by atoms with van der Waals surface area (Å²) in [6.07, 6.45) is -2.01. The summed E-state index contributed by atoms with van der Waals surface area (Å²) in [5.41, 5.74) is 6.52. The van der Waals surface area contributed by atoms with Crippen molar-refractivity contribution in [3.05, 3.63) is 35.9 Å². The molecule has 1 aromatic carbocycles. The van der Waals surface area contributed by atoms with Crippen LogP contribution in [0.25, 0.3) is 0 Å². The highest BCUT2D eigenvalue weighted by molar-refractivity contribution is 5.67. The maximum Gasteiger partial charge on any atom is 0.410 e. The molecule has 0 spiro atoms. The molecule has 1 fully saturated rings. The summed E-state index contributed by atoms with van der Waals surface area (Å²) >= 11 is 0. The van der Waals surface area contributed by atoms with E-state index in [1.807, 2.05) is 51.1 Å². The van der Waals surface area contributed by atoms with Crippen molar-refractivity contribution < 1.29 is 19.4 Å². The summed E-state index contributed by atoms with van der Waals surface area (Å²) in [5.74, 6) is 0. The van der Waals surface area contributed by atoms with Crippen molar-refractivity contribution >= 4 is 6.09 Å². The molecule has 0 radical (unpaired) electrons. The van der Waals surface area contributed by atoms with Gasteiger partial charge in [-0.3, -0.25) is 0 Å². The van der Waals surface area contributed by atoms with Crippen molar-refractivity contribution in [3.8, 4) is 0 Å². The Bertz CT molecular complexity index is 532. The van der Waals surface area contributed by atoms with E-state index in [-0.39, 0.29) is 13.2 Å². The normalized spacial score (nSPS) is 20.7. The molecule has 24 heavy (non-hydrogen) atoms. The molecule has 1 heterocycles. The van der Waals surface area contributed by atoms with E-state index in [9.17, 15) is 9.90 Å². The fourth-order valence-corrected chi connectivity index (χ4v) is 2.46. The number of nitrogens with two attached hydrogens (primary N) is 1. The average Bonchev–Trinajstić information content (AvgIpc) is 2.51. The van der Waals surface area contributed by atoms with Crippen LogP contribution in [0.3, 0.4) is 0 Å². The Kier molecular flexibility index (Phi) is 6.17. The number of carbonyl (C=O) groups excluding carboxylic acids is 1. The zero-order valence-corrected chi connectivity index (χ0v) is 14.5. The Labute approximate surface area is 142 Å². The highest BCUT2D eigenvalue weighted by atomic mass is 16.6. The summed E-state index contributed by atoms with van der Waals surface area (Å²) in [6, 6.07) is 9.51. The quantitative estimate of drug-likeness (QED) is 0.806. The Morgan fingerprint density at radius 2 is 2.00 bits per heavy atom. The van der Waals surface area contributed by atoms with Crippen molar-refractivity contribution in [1.82, 2.24) is 9.80 Å². The van der Waals surface area contributed by atoms with Gasteiger partial charge in [-0.2, -0.15) is 0 Å². The van der Waals surface area contributed by atoms with Gasteiger partial charge < -0.3 is 25.2 Å². The molecule has 0 bridgehead atoms. The van der Waals surface area contributed by atoms with Gasteiger partial charge >= 0.3 is 6.09 Å². The first kappa shape index (κ1) is 18.7. The molecule has 1 aromatic rings. The van der Waals surface area contributed by atoms with Crippen LogP contribution in [0.5, 0.6) is 0 Å². The van der Waals surface area contributed by atoms with E-state index in [0.717, 1.165) is 5.56 Å². The van der Waals surface area contributed by atoms with Crippen LogP contribution in [-0.4, -0.2) is 58.8 Å². The van der Waals surface area contributed by atoms with Crippen molar-refractivity contribution in [2.24, 2.45) is 5.73 Å². The van der Waals surface area contributed by atoms with Crippen LogP contribution in [0.1, 0.15) is 26.3 Å². The highest BCUT2D eigenvalue weighted by Gasteiger charge is 2.33. The summed E-state index contributed by atoms with van der Waals surface area (Å²) in [7, 11) is 0. The van der Waals surface area contributed by atoms with Gasteiger partial charge in [0.2, 0.25) is 6.41 Å². The molecule has 134 valence electrons. The lowest BCUT2D eigenvalue weighted by atomic mass is 10.2. The predicted molar refractivity (Wildman–Crippen MR) is 89.7 cm³/mol. The highest BCUT2D eigenvalue weighted by Crippen LogP contribution is 2.16. The number of piperazine rings is 1. The number of hydrogen-bond donors (Lipinski definition) is 2. The van der Waals surface area contributed by atoms with Gasteiger partial charge in [-0.1, -0.05) is 30.3 Å². The maximum absolute atomic E-state index is 12.2. The number of aliphatic hydroxyl groups is 1. The van der Waals surface area contributed by atoms with Gasteiger partial charge in [0.15, 0.2) is 0 Å². The monoisotopic (exact) mass is 337 g/mol. The minimum absolute atomic E-state index is 0.227. The van der Waals surface area contributed by atoms with Crippen LogP contribution in [0, 0.1) is 0 Å². The zero-order valence-electron chi connectivity index (χ0n) is 14.5. The topological polar surface area (TPSA) is 88.3 Å². The first-order valence-corrected chi connectivity index (χ1v) is 8.09. The number of amides is 1. The van der Waals surface area contributed by atoms with Crippen molar-refractivity contribution in [2.45, 2.75) is 45.6 Å². The smallest absolute Gasteiger partial charge is 0.410 e. The molecule has 1 saturated heterocycles. The first-order valence-electron chi connectivity index (χ1n) is 8.09. The molecule has 7 heteroatoms. The largest absolute Gasteiger partial charge is 0.445 e. The SMILES string of the molecule is CC(C)(C)OC(O)N1CCN(C(=O)OCc2ccccc2)CC1N. The average molecular weight is 337 g/mol. The van der Waals surface area contributed by atoms with Crippen LogP contribution in [0.15, 0.2) is 30.3 Å². The van der Waals surface area contributed by atoms with Gasteiger partial charge in [-0.05, 0) is 26.3 Å². The van der Waals surface area contributed by atoms with Gasteiger partial charge in [-0.25, -0.2) is 9.69 Å². The first-order chi connectivity index (χ1) is 11.3. The molecule has 7 nitrogen and oxygen atoms in total. The van der Waals surface area contributed by atoms with Crippen molar-refractivity contribution in [2.75, 3.05) is 19.6 Å². The molecule has 0 aliphatic carbocycles. The lowest BCUT2D eigenvalue weighted by molar-refractivity contribution is -0.253. The molecule has 0 aromatic heterocycles. The fourth-order valence-electron chi connectivity index (χ4n) is 2.46. The second-order valence-electron chi connectivity index (χ2n) is 6.85. The summed E-state index contributed by atoms with van der Waals surface area (Å²) in [4.78, 5) is 15.3. The second-order valence-corrected chi connectivity index (χ2v) is 6.85. The molecule has 0 saturated carbocycles. The van der Waals surface area contributed by atoms with Gasteiger partial charge in [-0.15, -0.1) is 0 Å². The fraction of sp³-hybridized carbons (Fsp3) is 0.588.